The van der Waals surface area contributed by atoms with Gasteiger partial charge in [-0.25, -0.2) is 8.42 Å². The third kappa shape index (κ3) is 6.16. The van der Waals surface area contributed by atoms with Crippen molar-refractivity contribution in [3.05, 3.63) is 83.9 Å². The number of amides is 1. The molecule has 190 valence electrons. The van der Waals surface area contributed by atoms with Crippen LogP contribution < -0.4 is 19.5 Å². The molecule has 0 aliphatic carbocycles. The quantitative estimate of drug-likeness (QED) is 0.428. The third-order valence-electron chi connectivity index (χ3n) is 6.29. The van der Waals surface area contributed by atoms with Gasteiger partial charge < -0.3 is 14.8 Å². The predicted octanol–water partition coefficient (Wildman–Crippen LogP) is 4.07. The molecular formula is C27H31N3O5S. The van der Waals surface area contributed by atoms with E-state index in [2.05, 4.69) is 14.9 Å². The highest BCUT2D eigenvalue weighted by Gasteiger charge is 2.24. The van der Waals surface area contributed by atoms with Crippen LogP contribution in [0.15, 0.2) is 77.7 Å². The van der Waals surface area contributed by atoms with E-state index in [9.17, 15) is 13.2 Å². The number of methoxy groups -OCH3 is 2. The zero-order valence-electron chi connectivity index (χ0n) is 20.4. The van der Waals surface area contributed by atoms with Gasteiger partial charge in [0.25, 0.3) is 15.9 Å². The van der Waals surface area contributed by atoms with Crippen LogP contribution in [0.5, 0.6) is 11.5 Å². The lowest BCUT2D eigenvalue weighted by Crippen LogP contribution is -2.36. The van der Waals surface area contributed by atoms with Crippen LogP contribution in [-0.4, -0.2) is 53.1 Å². The Morgan fingerprint density at radius 1 is 0.917 bits per heavy atom. The summed E-state index contributed by atoms with van der Waals surface area (Å²) in [5.41, 5.74) is 1.78. The monoisotopic (exact) mass is 509 g/mol. The van der Waals surface area contributed by atoms with Crippen LogP contribution in [0.1, 0.15) is 34.8 Å². The van der Waals surface area contributed by atoms with E-state index in [1.807, 2.05) is 24.3 Å². The summed E-state index contributed by atoms with van der Waals surface area (Å²) in [5, 5.41) is 3.00. The summed E-state index contributed by atoms with van der Waals surface area (Å²) in [4.78, 5) is 15.4. The number of hydrogen-bond acceptors (Lipinski definition) is 6. The second-order valence-electron chi connectivity index (χ2n) is 8.60. The number of anilines is 1. The predicted molar refractivity (Wildman–Crippen MR) is 139 cm³/mol. The zero-order valence-corrected chi connectivity index (χ0v) is 21.3. The van der Waals surface area contributed by atoms with Gasteiger partial charge in [-0.15, -0.1) is 0 Å². The third-order valence-corrected chi connectivity index (χ3v) is 7.67. The Morgan fingerprint density at radius 3 is 2.14 bits per heavy atom. The van der Waals surface area contributed by atoms with E-state index < -0.39 is 10.0 Å². The number of nitrogens with one attached hydrogen (secondary N) is 2. The number of likely N-dealkylation sites (tertiary alicyclic amines) is 1. The van der Waals surface area contributed by atoms with E-state index in [0.29, 0.717) is 18.0 Å². The minimum absolute atomic E-state index is 0.0113. The van der Waals surface area contributed by atoms with Crippen molar-refractivity contribution in [3.8, 4) is 11.5 Å². The normalized spacial score (nSPS) is 14.7. The molecule has 0 unspecified atom stereocenters. The minimum Gasteiger partial charge on any atom is -0.497 e. The first-order valence-electron chi connectivity index (χ1n) is 11.8. The fraction of sp³-hybridized carbons (Fsp3) is 0.296. The molecular weight excluding hydrogens is 478 g/mol. The topological polar surface area (TPSA) is 97.0 Å². The maximum absolute atomic E-state index is 13.0. The largest absolute Gasteiger partial charge is 0.497 e. The molecule has 3 aromatic rings. The summed E-state index contributed by atoms with van der Waals surface area (Å²) < 4.78 is 38.8. The first-order chi connectivity index (χ1) is 17.4. The molecule has 9 heteroatoms. The number of benzene rings is 3. The van der Waals surface area contributed by atoms with Gasteiger partial charge in [-0.05, 0) is 86.1 Å². The molecule has 0 aromatic heterocycles. The van der Waals surface area contributed by atoms with Crippen molar-refractivity contribution >= 4 is 21.6 Å². The van der Waals surface area contributed by atoms with Gasteiger partial charge in [0.1, 0.15) is 11.5 Å². The van der Waals surface area contributed by atoms with E-state index in [0.717, 1.165) is 37.2 Å². The zero-order chi connectivity index (χ0) is 25.5. The molecule has 1 heterocycles. The SMILES string of the molecule is COc1ccc(NS(=O)(=O)c2cccc(C(=O)NC[C@@H](c3ccc(OC)cc3)N3CCCC3)c2)cc1. The Kier molecular flexibility index (Phi) is 8.12. The maximum atomic E-state index is 13.0. The highest BCUT2D eigenvalue weighted by atomic mass is 32.2. The van der Waals surface area contributed by atoms with Gasteiger partial charge in [-0.3, -0.25) is 14.4 Å². The second-order valence-corrected chi connectivity index (χ2v) is 10.3. The van der Waals surface area contributed by atoms with Crippen LogP contribution in [-0.2, 0) is 10.0 Å². The van der Waals surface area contributed by atoms with Crippen molar-refractivity contribution in [1.29, 1.82) is 0 Å². The summed E-state index contributed by atoms with van der Waals surface area (Å²) in [6.45, 7) is 2.35. The Hall–Kier alpha value is -3.56. The van der Waals surface area contributed by atoms with Crippen molar-refractivity contribution in [2.75, 3.05) is 38.6 Å². The van der Waals surface area contributed by atoms with Gasteiger partial charge in [-0.1, -0.05) is 18.2 Å². The minimum atomic E-state index is -3.87. The lowest BCUT2D eigenvalue weighted by atomic mass is 10.0. The van der Waals surface area contributed by atoms with E-state index in [4.69, 9.17) is 9.47 Å². The van der Waals surface area contributed by atoms with Gasteiger partial charge in [0.15, 0.2) is 0 Å². The molecule has 1 aliphatic rings. The smallest absolute Gasteiger partial charge is 0.261 e. The van der Waals surface area contributed by atoms with Crippen molar-refractivity contribution in [2.45, 2.75) is 23.8 Å². The molecule has 1 fully saturated rings. The van der Waals surface area contributed by atoms with Gasteiger partial charge >= 0.3 is 0 Å². The van der Waals surface area contributed by atoms with E-state index in [1.54, 1.807) is 50.6 Å². The number of carbonyl (C=O) groups excluding carboxylic acids is 1. The molecule has 8 nitrogen and oxygen atoms in total. The molecule has 4 rings (SSSR count). The van der Waals surface area contributed by atoms with E-state index >= 15 is 0 Å². The maximum Gasteiger partial charge on any atom is 0.261 e. The van der Waals surface area contributed by atoms with Gasteiger partial charge in [0.2, 0.25) is 0 Å². The van der Waals surface area contributed by atoms with Crippen molar-refractivity contribution in [2.24, 2.45) is 0 Å². The van der Waals surface area contributed by atoms with Crippen LogP contribution in [0.4, 0.5) is 5.69 Å². The molecule has 36 heavy (non-hydrogen) atoms. The number of sulfonamides is 1. The average molecular weight is 510 g/mol. The first kappa shape index (κ1) is 25.5. The first-order valence-corrected chi connectivity index (χ1v) is 13.3. The molecule has 2 N–H and O–H groups in total. The fourth-order valence-electron chi connectivity index (χ4n) is 4.31. The number of ether oxygens (including phenoxy) is 2. The molecule has 1 saturated heterocycles. The summed E-state index contributed by atoms with van der Waals surface area (Å²) in [7, 11) is -0.699. The van der Waals surface area contributed by atoms with Crippen LogP contribution in [0.25, 0.3) is 0 Å². The van der Waals surface area contributed by atoms with Crippen molar-refractivity contribution < 1.29 is 22.7 Å². The number of carbonyl (C=O) groups is 1. The van der Waals surface area contributed by atoms with Crippen LogP contribution >= 0.6 is 0 Å². The lowest BCUT2D eigenvalue weighted by Gasteiger charge is -2.28. The Balaban J connectivity index is 1.46. The Bertz CT molecular complexity index is 1270. The number of nitrogens with zero attached hydrogens (tertiary/aromatic N) is 1. The van der Waals surface area contributed by atoms with Gasteiger partial charge in [-0.2, -0.15) is 0 Å². The Morgan fingerprint density at radius 2 is 1.53 bits per heavy atom. The average Bonchev–Trinajstić information content (AvgIpc) is 3.44. The fourth-order valence-corrected chi connectivity index (χ4v) is 5.41. The van der Waals surface area contributed by atoms with Gasteiger partial charge in [0.05, 0.1) is 25.2 Å². The summed E-state index contributed by atoms with van der Waals surface area (Å²) in [6.07, 6.45) is 2.25. The molecule has 1 amide bonds. The van der Waals surface area contributed by atoms with Crippen LogP contribution in [0.2, 0.25) is 0 Å². The van der Waals surface area contributed by atoms with E-state index in [1.165, 1.54) is 12.1 Å². The molecule has 3 aromatic carbocycles. The number of rotatable bonds is 10. The summed E-state index contributed by atoms with van der Waals surface area (Å²) in [5.74, 6) is 1.08. The standard InChI is InChI=1S/C27H31N3O5S/c1-34-23-12-8-20(9-13-23)26(30-16-3-4-17-30)19-28-27(31)21-6-5-7-25(18-21)36(32,33)29-22-10-14-24(35-2)15-11-22/h5-15,18,26,29H,3-4,16-17,19H2,1-2H3,(H,28,31)/t26-/m0/s1. The van der Waals surface area contributed by atoms with Crippen molar-refractivity contribution in [3.63, 3.8) is 0 Å². The summed E-state index contributed by atoms with van der Waals surface area (Å²) in [6, 6.07) is 20.5. The van der Waals surface area contributed by atoms with Gasteiger partial charge in [0, 0.05) is 17.8 Å². The molecule has 0 spiro atoms. The van der Waals surface area contributed by atoms with Crippen molar-refractivity contribution in [1.82, 2.24) is 10.2 Å². The van der Waals surface area contributed by atoms with Crippen LogP contribution in [0, 0.1) is 0 Å². The molecule has 0 radical (unpaired) electrons. The molecule has 0 bridgehead atoms. The second kappa shape index (κ2) is 11.5. The lowest BCUT2D eigenvalue weighted by molar-refractivity contribution is 0.0937. The molecule has 1 aliphatic heterocycles. The van der Waals surface area contributed by atoms with Crippen LogP contribution in [0.3, 0.4) is 0 Å². The van der Waals surface area contributed by atoms with E-state index in [-0.39, 0.29) is 22.4 Å². The molecule has 0 saturated carbocycles. The highest BCUT2D eigenvalue weighted by molar-refractivity contribution is 7.92. The Labute approximate surface area is 212 Å². The molecule has 1 atom stereocenters. The number of hydrogen-bond donors (Lipinski definition) is 2. The highest BCUT2D eigenvalue weighted by Crippen LogP contribution is 2.26. The summed E-state index contributed by atoms with van der Waals surface area (Å²) >= 11 is 0.